The normalized spacial score (nSPS) is 20.8. The summed E-state index contributed by atoms with van der Waals surface area (Å²) in [5.74, 6) is -0.748. The van der Waals surface area contributed by atoms with Crippen LogP contribution in [-0.4, -0.2) is 42.2 Å². The van der Waals surface area contributed by atoms with E-state index in [1.54, 1.807) is 0 Å². The van der Waals surface area contributed by atoms with E-state index in [-0.39, 0.29) is 12.5 Å². The van der Waals surface area contributed by atoms with Crippen LogP contribution in [0.25, 0.3) is 0 Å². The summed E-state index contributed by atoms with van der Waals surface area (Å²) in [5.41, 5.74) is 1.14. The van der Waals surface area contributed by atoms with Gasteiger partial charge in [-0.3, -0.25) is 9.69 Å². The lowest BCUT2D eigenvalue weighted by Gasteiger charge is -2.32. The number of rotatable bonds is 4. The fourth-order valence-electron chi connectivity index (χ4n) is 2.04. The molecule has 1 heterocycles. The molecule has 4 nitrogen and oxygen atoms in total. The molecular formula is C13H16BrNO3. The van der Waals surface area contributed by atoms with Crippen LogP contribution in [0.2, 0.25) is 0 Å². The molecule has 0 bridgehead atoms. The molecular weight excluding hydrogens is 298 g/mol. The van der Waals surface area contributed by atoms with Crippen molar-refractivity contribution >= 4 is 21.9 Å². The molecule has 0 aromatic heterocycles. The number of hydrogen-bond donors (Lipinski definition) is 1. The van der Waals surface area contributed by atoms with Crippen LogP contribution in [0.1, 0.15) is 18.1 Å². The van der Waals surface area contributed by atoms with Crippen molar-refractivity contribution < 1.29 is 14.6 Å². The molecule has 1 N–H and O–H groups in total. The quantitative estimate of drug-likeness (QED) is 0.926. The first-order chi connectivity index (χ1) is 8.65. The molecule has 0 radical (unpaired) electrons. The monoisotopic (exact) mass is 313 g/mol. The van der Waals surface area contributed by atoms with Crippen molar-refractivity contribution in [2.24, 2.45) is 0 Å². The molecule has 1 aliphatic rings. The lowest BCUT2D eigenvalue weighted by molar-refractivity contribution is -0.137. The third kappa shape index (κ3) is 3.80. The Balaban J connectivity index is 1.93. The maximum Gasteiger partial charge on any atom is 0.304 e. The first-order valence-electron chi connectivity index (χ1n) is 5.96. The van der Waals surface area contributed by atoms with Crippen molar-refractivity contribution in [1.29, 1.82) is 0 Å². The van der Waals surface area contributed by atoms with E-state index in [1.165, 1.54) is 0 Å². The van der Waals surface area contributed by atoms with Gasteiger partial charge in [0, 0.05) is 24.1 Å². The fourth-order valence-corrected chi connectivity index (χ4v) is 2.30. The Labute approximate surface area is 115 Å². The van der Waals surface area contributed by atoms with Gasteiger partial charge < -0.3 is 9.84 Å². The third-order valence-corrected chi connectivity index (χ3v) is 3.56. The van der Waals surface area contributed by atoms with Gasteiger partial charge in [0.25, 0.3) is 0 Å². The maximum absolute atomic E-state index is 10.6. The smallest absolute Gasteiger partial charge is 0.304 e. The van der Waals surface area contributed by atoms with Crippen molar-refractivity contribution in [1.82, 2.24) is 4.90 Å². The number of aliphatic carboxylic acids is 1. The van der Waals surface area contributed by atoms with Crippen LogP contribution in [-0.2, 0) is 9.53 Å². The molecule has 1 aliphatic heterocycles. The molecule has 1 aromatic carbocycles. The standard InChI is InChI=1S/C13H16BrNO3/c14-11-3-1-10(2-4-11)12-9-15(7-8-18-12)6-5-13(16)17/h1-4,12H,5-9H2,(H,16,17). The Hall–Kier alpha value is -0.910. The molecule has 0 amide bonds. The van der Waals surface area contributed by atoms with Crippen LogP contribution in [0, 0.1) is 0 Å². The van der Waals surface area contributed by atoms with Gasteiger partial charge in [0.1, 0.15) is 0 Å². The van der Waals surface area contributed by atoms with Crippen LogP contribution in [0.4, 0.5) is 0 Å². The van der Waals surface area contributed by atoms with Crippen molar-refractivity contribution in [3.05, 3.63) is 34.3 Å². The number of carboxylic acid groups (broad SMARTS) is 1. The van der Waals surface area contributed by atoms with Gasteiger partial charge in [-0.2, -0.15) is 0 Å². The summed E-state index contributed by atoms with van der Waals surface area (Å²) in [7, 11) is 0. The van der Waals surface area contributed by atoms with E-state index in [4.69, 9.17) is 9.84 Å². The van der Waals surface area contributed by atoms with Gasteiger partial charge in [-0.1, -0.05) is 28.1 Å². The molecule has 18 heavy (non-hydrogen) atoms. The van der Waals surface area contributed by atoms with Gasteiger partial charge in [-0.15, -0.1) is 0 Å². The minimum atomic E-state index is -0.748. The van der Waals surface area contributed by atoms with Gasteiger partial charge in [0.2, 0.25) is 0 Å². The SMILES string of the molecule is O=C(O)CCN1CCOC(c2ccc(Br)cc2)C1. The van der Waals surface area contributed by atoms with E-state index in [2.05, 4.69) is 20.8 Å². The van der Waals surface area contributed by atoms with Crippen molar-refractivity contribution in [3.63, 3.8) is 0 Å². The number of morpholine rings is 1. The molecule has 0 spiro atoms. The largest absolute Gasteiger partial charge is 0.481 e. The molecule has 5 heteroatoms. The topological polar surface area (TPSA) is 49.8 Å². The summed E-state index contributed by atoms with van der Waals surface area (Å²) in [6.45, 7) is 2.81. The number of ether oxygens (including phenoxy) is 1. The molecule has 1 fully saturated rings. The highest BCUT2D eigenvalue weighted by Crippen LogP contribution is 2.23. The van der Waals surface area contributed by atoms with Crippen molar-refractivity contribution in [2.75, 3.05) is 26.2 Å². The van der Waals surface area contributed by atoms with Crippen LogP contribution >= 0.6 is 15.9 Å². The van der Waals surface area contributed by atoms with Gasteiger partial charge in [-0.25, -0.2) is 0 Å². The lowest BCUT2D eigenvalue weighted by Crippen LogP contribution is -2.39. The summed E-state index contributed by atoms with van der Waals surface area (Å²) in [4.78, 5) is 12.7. The summed E-state index contributed by atoms with van der Waals surface area (Å²) >= 11 is 3.41. The fraction of sp³-hybridized carbons (Fsp3) is 0.462. The van der Waals surface area contributed by atoms with Gasteiger partial charge in [0.05, 0.1) is 19.1 Å². The Kier molecular flexibility index (Phi) is 4.74. The van der Waals surface area contributed by atoms with Crippen LogP contribution < -0.4 is 0 Å². The highest BCUT2D eigenvalue weighted by molar-refractivity contribution is 9.10. The van der Waals surface area contributed by atoms with Crippen LogP contribution in [0.15, 0.2) is 28.7 Å². The number of nitrogens with zero attached hydrogens (tertiary/aromatic N) is 1. The lowest BCUT2D eigenvalue weighted by atomic mass is 10.1. The molecule has 1 saturated heterocycles. The Morgan fingerprint density at radius 2 is 2.17 bits per heavy atom. The van der Waals surface area contributed by atoms with Gasteiger partial charge in [-0.05, 0) is 17.7 Å². The first kappa shape index (κ1) is 13.5. The number of hydrogen-bond acceptors (Lipinski definition) is 3. The highest BCUT2D eigenvalue weighted by atomic mass is 79.9. The molecule has 1 atom stereocenters. The molecule has 1 unspecified atom stereocenters. The molecule has 0 saturated carbocycles. The summed E-state index contributed by atoms with van der Waals surface area (Å²) in [6, 6.07) is 8.06. The Morgan fingerprint density at radius 1 is 1.44 bits per heavy atom. The number of carboxylic acids is 1. The Morgan fingerprint density at radius 3 is 2.83 bits per heavy atom. The zero-order chi connectivity index (χ0) is 13.0. The van der Waals surface area contributed by atoms with E-state index in [9.17, 15) is 4.79 Å². The minimum absolute atomic E-state index is 0.0423. The van der Waals surface area contributed by atoms with E-state index < -0.39 is 5.97 Å². The number of halogens is 1. The summed E-state index contributed by atoms with van der Waals surface area (Å²) < 4.78 is 6.78. The zero-order valence-corrected chi connectivity index (χ0v) is 11.6. The average molecular weight is 314 g/mol. The first-order valence-corrected chi connectivity index (χ1v) is 6.75. The van der Waals surface area contributed by atoms with E-state index >= 15 is 0 Å². The maximum atomic E-state index is 10.6. The van der Waals surface area contributed by atoms with Crippen molar-refractivity contribution in [2.45, 2.75) is 12.5 Å². The predicted molar refractivity (Wildman–Crippen MR) is 71.5 cm³/mol. The summed E-state index contributed by atoms with van der Waals surface area (Å²) in [6.07, 6.45) is 0.230. The van der Waals surface area contributed by atoms with E-state index in [0.29, 0.717) is 13.2 Å². The molecule has 98 valence electrons. The van der Waals surface area contributed by atoms with Crippen molar-refractivity contribution in [3.8, 4) is 0 Å². The summed E-state index contributed by atoms with van der Waals surface area (Å²) in [5, 5.41) is 8.69. The number of carbonyl (C=O) groups is 1. The predicted octanol–water partition coefficient (Wildman–Crippen LogP) is 2.30. The highest BCUT2D eigenvalue weighted by Gasteiger charge is 2.22. The average Bonchev–Trinajstić information content (AvgIpc) is 2.37. The number of benzene rings is 1. The second-order valence-electron chi connectivity index (χ2n) is 4.36. The molecule has 0 aliphatic carbocycles. The third-order valence-electron chi connectivity index (χ3n) is 3.03. The van der Waals surface area contributed by atoms with Crippen LogP contribution in [0.3, 0.4) is 0 Å². The van der Waals surface area contributed by atoms with Gasteiger partial charge in [0.15, 0.2) is 0 Å². The van der Waals surface area contributed by atoms with Gasteiger partial charge >= 0.3 is 5.97 Å². The van der Waals surface area contributed by atoms with Crippen LogP contribution in [0.5, 0.6) is 0 Å². The zero-order valence-electron chi connectivity index (χ0n) is 10.0. The van der Waals surface area contributed by atoms with E-state index in [1.807, 2.05) is 24.3 Å². The minimum Gasteiger partial charge on any atom is -0.481 e. The molecule has 1 aromatic rings. The second-order valence-corrected chi connectivity index (χ2v) is 5.27. The second kappa shape index (κ2) is 6.31. The Bertz CT molecular complexity index is 407. The molecule has 2 rings (SSSR count). The van der Waals surface area contributed by atoms with E-state index in [0.717, 1.165) is 23.1 Å².